The fraction of sp³-hybridized carbons (Fsp3) is 0.360. The first-order valence-corrected chi connectivity index (χ1v) is 11.3. The first-order valence-electron chi connectivity index (χ1n) is 11.3. The van der Waals surface area contributed by atoms with Gasteiger partial charge in [0.2, 0.25) is 11.8 Å². The molecule has 1 aliphatic heterocycles. The topological polar surface area (TPSA) is 109 Å². The first-order chi connectivity index (χ1) is 16.1. The molecule has 2 atom stereocenters. The van der Waals surface area contributed by atoms with Gasteiger partial charge in [0.15, 0.2) is 0 Å². The Kier molecular flexibility index (Phi) is 4.50. The van der Waals surface area contributed by atoms with E-state index in [1.165, 1.54) is 4.90 Å². The highest BCUT2D eigenvalue weighted by atomic mass is 16.3. The monoisotopic (exact) mass is 444 g/mol. The van der Waals surface area contributed by atoms with E-state index in [9.17, 15) is 19.8 Å². The van der Waals surface area contributed by atoms with E-state index in [2.05, 4.69) is 10.3 Å². The summed E-state index contributed by atoms with van der Waals surface area (Å²) in [6.45, 7) is 0.264. The minimum atomic E-state index is -0.957. The summed E-state index contributed by atoms with van der Waals surface area (Å²) < 4.78 is 1.69. The Hall–Kier alpha value is -3.36. The molecule has 8 nitrogen and oxygen atoms in total. The molecule has 1 aromatic heterocycles. The van der Waals surface area contributed by atoms with Crippen LogP contribution < -0.4 is 0 Å². The molecular weight excluding hydrogens is 420 g/mol. The van der Waals surface area contributed by atoms with Crippen LogP contribution in [-0.2, 0) is 21.5 Å². The number of aliphatic hydroxyl groups is 2. The summed E-state index contributed by atoms with van der Waals surface area (Å²) in [7, 11) is 0. The lowest BCUT2D eigenvalue weighted by Crippen LogP contribution is -2.54. The fourth-order valence-corrected chi connectivity index (χ4v) is 6.41. The van der Waals surface area contributed by atoms with Gasteiger partial charge in [-0.1, -0.05) is 53.7 Å². The Labute approximate surface area is 190 Å². The normalized spacial score (nSPS) is 27.0. The van der Waals surface area contributed by atoms with Crippen molar-refractivity contribution in [2.75, 3.05) is 19.8 Å². The van der Waals surface area contributed by atoms with Gasteiger partial charge in [-0.05, 0) is 28.7 Å². The van der Waals surface area contributed by atoms with E-state index in [4.69, 9.17) is 0 Å². The number of aromatic nitrogens is 3. The van der Waals surface area contributed by atoms with Crippen molar-refractivity contribution in [3.63, 3.8) is 0 Å². The average molecular weight is 444 g/mol. The molecule has 3 aliphatic carbocycles. The number of hydrogen-bond donors (Lipinski definition) is 2. The fourth-order valence-electron chi connectivity index (χ4n) is 6.41. The zero-order valence-electron chi connectivity index (χ0n) is 18.0. The van der Waals surface area contributed by atoms with Crippen molar-refractivity contribution in [3.05, 3.63) is 82.7 Å². The molecule has 7 rings (SSSR count). The van der Waals surface area contributed by atoms with Gasteiger partial charge in [-0.25, -0.2) is 0 Å². The third-order valence-corrected chi connectivity index (χ3v) is 7.52. The zero-order chi connectivity index (χ0) is 22.7. The highest BCUT2D eigenvalue weighted by Crippen LogP contribution is 2.65. The van der Waals surface area contributed by atoms with E-state index in [-0.39, 0.29) is 37.5 Å². The summed E-state index contributed by atoms with van der Waals surface area (Å²) in [4.78, 5) is 28.6. The molecule has 2 heterocycles. The van der Waals surface area contributed by atoms with Crippen molar-refractivity contribution >= 4 is 11.8 Å². The quantitative estimate of drug-likeness (QED) is 0.550. The van der Waals surface area contributed by atoms with Crippen LogP contribution in [0.15, 0.2) is 54.7 Å². The number of aliphatic hydroxyl groups excluding tert-OH is 2. The molecular formula is C25H24N4O4. The smallest absolute Gasteiger partial charge is 0.234 e. The molecule has 2 unspecified atom stereocenters. The molecule has 33 heavy (non-hydrogen) atoms. The van der Waals surface area contributed by atoms with Crippen molar-refractivity contribution in [2.24, 2.45) is 11.8 Å². The van der Waals surface area contributed by atoms with Gasteiger partial charge in [0.05, 0.1) is 36.1 Å². The van der Waals surface area contributed by atoms with Gasteiger partial charge in [-0.15, -0.1) is 5.10 Å². The van der Waals surface area contributed by atoms with E-state index < -0.39 is 17.3 Å². The summed E-state index contributed by atoms with van der Waals surface area (Å²) in [6, 6.07) is 16.0. The van der Waals surface area contributed by atoms with E-state index in [0.717, 1.165) is 22.3 Å². The van der Waals surface area contributed by atoms with Crippen LogP contribution in [0.1, 0.15) is 40.3 Å². The standard InChI is InChI=1S/C25H24N4O4/c30-12-5-10-28-14-19(26-27-28)25-17-8-3-1-6-15(17)20(16-7-2-4-9-18(16)25)21-22(25)24(33)29(11-13-31)23(21)32/h1-4,6-9,14,20-22,30-31H,5,10-13H2. The Balaban J connectivity index is 1.67. The number of hydrogen-bond acceptors (Lipinski definition) is 6. The molecule has 0 saturated carbocycles. The number of benzene rings is 2. The van der Waals surface area contributed by atoms with Crippen molar-refractivity contribution in [2.45, 2.75) is 24.3 Å². The van der Waals surface area contributed by atoms with Crippen molar-refractivity contribution in [1.82, 2.24) is 19.9 Å². The van der Waals surface area contributed by atoms with Crippen LogP contribution in [0.5, 0.6) is 0 Å². The van der Waals surface area contributed by atoms with Crippen LogP contribution in [0.3, 0.4) is 0 Å². The predicted molar refractivity (Wildman–Crippen MR) is 117 cm³/mol. The lowest BCUT2D eigenvalue weighted by atomic mass is 9.46. The maximum atomic E-state index is 13.8. The second-order valence-corrected chi connectivity index (χ2v) is 8.96. The second-order valence-electron chi connectivity index (χ2n) is 8.96. The molecule has 8 heteroatoms. The molecule has 0 radical (unpaired) electrons. The SMILES string of the molecule is O=C1C2C3c4ccccc4C(c4cn(CCCO)nn4)(c4ccccc43)C2C(=O)N1CCO. The molecule has 168 valence electrons. The number of rotatable bonds is 6. The Morgan fingerprint density at radius 2 is 1.55 bits per heavy atom. The van der Waals surface area contributed by atoms with Gasteiger partial charge in [0.25, 0.3) is 0 Å². The Morgan fingerprint density at radius 3 is 2.18 bits per heavy atom. The van der Waals surface area contributed by atoms with Crippen LogP contribution in [-0.4, -0.2) is 61.7 Å². The van der Waals surface area contributed by atoms with Crippen LogP contribution >= 0.6 is 0 Å². The van der Waals surface area contributed by atoms with E-state index in [0.29, 0.717) is 18.7 Å². The predicted octanol–water partition coefficient (Wildman–Crippen LogP) is 1.05. The molecule has 4 aliphatic rings. The van der Waals surface area contributed by atoms with Crippen LogP contribution in [0, 0.1) is 11.8 Å². The number of amides is 2. The number of carbonyl (C=O) groups excluding carboxylic acids is 2. The molecule has 2 N–H and O–H groups in total. The lowest BCUT2D eigenvalue weighted by Gasteiger charge is -2.53. The second kappa shape index (κ2) is 7.33. The van der Waals surface area contributed by atoms with E-state index in [1.54, 1.807) is 4.68 Å². The van der Waals surface area contributed by atoms with Gasteiger partial charge in [-0.3, -0.25) is 19.2 Å². The Morgan fingerprint density at radius 1 is 0.879 bits per heavy atom. The van der Waals surface area contributed by atoms with Gasteiger partial charge < -0.3 is 10.2 Å². The van der Waals surface area contributed by atoms with Crippen molar-refractivity contribution in [1.29, 1.82) is 0 Å². The maximum Gasteiger partial charge on any atom is 0.234 e. The molecule has 0 spiro atoms. The number of aryl methyl sites for hydroxylation is 1. The number of nitrogens with zero attached hydrogens (tertiary/aromatic N) is 4. The Bertz CT molecular complexity index is 1220. The van der Waals surface area contributed by atoms with Crippen LogP contribution in [0.25, 0.3) is 0 Å². The number of likely N-dealkylation sites (tertiary alicyclic amines) is 1. The van der Waals surface area contributed by atoms with Gasteiger partial charge in [-0.2, -0.15) is 0 Å². The van der Waals surface area contributed by atoms with E-state index >= 15 is 0 Å². The van der Waals surface area contributed by atoms with E-state index in [1.807, 2.05) is 54.7 Å². The summed E-state index contributed by atoms with van der Waals surface area (Å²) in [5.41, 5.74) is 3.71. The summed E-state index contributed by atoms with van der Waals surface area (Å²) in [6.07, 6.45) is 2.39. The third kappa shape index (κ3) is 2.47. The van der Waals surface area contributed by atoms with Gasteiger partial charge >= 0.3 is 0 Å². The zero-order valence-corrected chi connectivity index (χ0v) is 18.0. The number of imide groups is 1. The molecule has 2 bridgehead atoms. The van der Waals surface area contributed by atoms with Crippen molar-refractivity contribution in [3.8, 4) is 0 Å². The molecule has 2 aromatic carbocycles. The molecule has 1 saturated heterocycles. The molecule has 2 amide bonds. The lowest BCUT2D eigenvalue weighted by molar-refractivity contribution is -0.140. The summed E-state index contributed by atoms with van der Waals surface area (Å²) in [5, 5.41) is 27.7. The highest BCUT2D eigenvalue weighted by Gasteiger charge is 2.69. The third-order valence-electron chi connectivity index (χ3n) is 7.52. The number of carbonyl (C=O) groups is 2. The largest absolute Gasteiger partial charge is 0.396 e. The average Bonchev–Trinajstić information content (AvgIpc) is 3.42. The number of β-amino-alcohol motifs (C(OH)–C–C–N with tert-alkyl or cyclic N) is 1. The van der Waals surface area contributed by atoms with Gasteiger partial charge in [0, 0.05) is 25.3 Å². The minimum absolute atomic E-state index is 0.0106. The summed E-state index contributed by atoms with van der Waals surface area (Å²) >= 11 is 0. The van der Waals surface area contributed by atoms with Crippen LogP contribution in [0.2, 0.25) is 0 Å². The maximum absolute atomic E-state index is 13.8. The van der Waals surface area contributed by atoms with Gasteiger partial charge in [0.1, 0.15) is 0 Å². The minimum Gasteiger partial charge on any atom is -0.396 e. The van der Waals surface area contributed by atoms with Crippen molar-refractivity contribution < 1.29 is 19.8 Å². The summed E-state index contributed by atoms with van der Waals surface area (Å²) in [5.74, 6) is -1.94. The van der Waals surface area contributed by atoms with Crippen LogP contribution in [0.4, 0.5) is 0 Å². The first kappa shape index (κ1) is 20.3. The molecule has 1 fully saturated rings. The highest BCUT2D eigenvalue weighted by molar-refractivity contribution is 6.08. The molecule has 3 aromatic rings.